The molecule has 2 aromatic heterocycles. The van der Waals surface area contributed by atoms with Gasteiger partial charge in [-0.3, -0.25) is 9.97 Å². The molecule has 0 unspecified atom stereocenters. The van der Waals surface area contributed by atoms with E-state index in [-0.39, 0.29) is 0 Å². The van der Waals surface area contributed by atoms with E-state index in [1.54, 1.807) is 0 Å². The van der Waals surface area contributed by atoms with Crippen molar-refractivity contribution in [3.8, 4) is 0 Å². The van der Waals surface area contributed by atoms with Gasteiger partial charge in [0.1, 0.15) is 0 Å². The third-order valence-electron chi connectivity index (χ3n) is 5.71. The average Bonchev–Trinajstić information content (AvgIpc) is 2.64. The molecule has 0 bridgehead atoms. The van der Waals surface area contributed by atoms with Gasteiger partial charge in [-0.15, -0.1) is 0 Å². The summed E-state index contributed by atoms with van der Waals surface area (Å²) in [6.45, 7) is 0. The second kappa shape index (κ2) is 6.86. The van der Waals surface area contributed by atoms with Crippen molar-refractivity contribution in [3.63, 3.8) is 0 Å². The largest absolute Gasteiger partial charge is 0.363 e. The van der Waals surface area contributed by atoms with Crippen molar-refractivity contribution < 1.29 is 0 Å². The van der Waals surface area contributed by atoms with Crippen LogP contribution in [0.2, 0.25) is 0 Å². The van der Waals surface area contributed by atoms with Crippen LogP contribution in [-0.2, 0) is 0 Å². The predicted molar refractivity (Wildman–Crippen MR) is 95.8 cm³/mol. The molecular formula is C20H27N3. The molecule has 2 aliphatic carbocycles. The van der Waals surface area contributed by atoms with Gasteiger partial charge in [-0.05, 0) is 37.8 Å². The minimum absolute atomic E-state index is 0.682. The summed E-state index contributed by atoms with van der Waals surface area (Å²) in [5, 5.41) is 1.17. The summed E-state index contributed by atoms with van der Waals surface area (Å²) in [7, 11) is 0. The number of hydrogen-bond donors (Lipinski definition) is 0. The van der Waals surface area contributed by atoms with Crippen LogP contribution >= 0.6 is 0 Å². The van der Waals surface area contributed by atoms with Crippen molar-refractivity contribution in [2.24, 2.45) is 0 Å². The molecule has 23 heavy (non-hydrogen) atoms. The van der Waals surface area contributed by atoms with Crippen LogP contribution in [-0.4, -0.2) is 22.1 Å². The first-order chi connectivity index (χ1) is 11.4. The van der Waals surface area contributed by atoms with E-state index in [2.05, 4.69) is 22.1 Å². The lowest BCUT2D eigenvalue weighted by molar-refractivity contribution is 0.340. The summed E-state index contributed by atoms with van der Waals surface area (Å²) in [6.07, 6.45) is 19.6. The van der Waals surface area contributed by atoms with Crippen molar-refractivity contribution in [3.05, 3.63) is 30.7 Å². The molecule has 0 spiro atoms. The second-order valence-corrected chi connectivity index (χ2v) is 7.22. The standard InChI is InChI=1S/C20H27N3/c1-3-9-17(10-4-1)23(18-11-5-2-6-12-18)19-15-21-14-16-8-7-13-22-20(16)19/h7-8,13-15,17-18H,1-6,9-12H2. The molecule has 2 saturated carbocycles. The number of fused-ring (bicyclic) bond motifs is 1. The number of aromatic nitrogens is 2. The Morgan fingerprint density at radius 3 is 2.13 bits per heavy atom. The summed E-state index contributed by atoms with van der Waals surface area (Å²) in [4.78, 5) is 12.0. The van der Waals surface area contributed by atoms with E-state index in [0.29, 0.717) is 12.1 Å². The van der Waals surface area contributed by atoms with Gasteiger partial charge in [-0.25, -0.2) is 0 Å². The van der Waals surface area contributed by atoms with Crippen LogP contribution in [0.25, 0.3) is 10.9 Å². The predicted octanol–water partition coefficient (Wildman–Crippen LogP) is 5.10. The minimum atomic E-state index is 0.682. The number of hydrogen-bond acceptors (Lipinski definition) is 3. The highest BCUT2D eigenvalue weighted by Gasteiger charge is 2.30. The molecule has 3 nitrogen and oxygen atoms in total. The third-order valence-corrected chi connectivity index (χ3v) is 5.71. The number of nitrogens with zero attached hydrogens (tertiary/aromatic N) is 3. The van der Waals surface area contributed by atoms with Crippen LogP contribution in [0, 0.1) is 0 Å². The second-order valence-electron chi connectivity index (χ2n) is 7.22. The van der Waals surface area contributed by atoms with Crippen LogP contribution in [0.1, 0.15) is 64.2 Å². The van der Waals surface area contributed by atoms with Crippen LogP contribution in [0.5, 0.6) is 0 Å². The van der Waals surface area contributed by atoms with Crippen molar-refractivity contribution in [1.82, 2.24) is 9.97 Å². The van der Waals surface area contributed by atoms with Gasteiger partial charge in [0.05, 0.1) is 17.4 Å². The van der Waals surface area contributed by atoms with Crippen LogP contribution in [0.3, 0.4) is 0 Å². The molecule has 0 aromatic carbocycles. The molecule has 2 aliphatic rings. The maximum Gasteiger partial charge on any atom is 0.0966 e. The molecule has 122 valence electrons. The average molecular weight is 309 g/mol. The van der Waals surface area contributed by atoms with E-state index in [9.17, 15) is 0 Å². The molecule has 2 fully saturated rings. The van der Waals surface area contributed by atoms with E-state index in [4.69, 9.17) is 4.98 Å². The van der Waals surface area contributed by atoms with Gasteiger partial charge >= 0.3 is 0 Å². The third kappa shape index (κ3) is 3.06. The first-order valence-corrected chi connectivity index (χ1v) is 9.40. The van der Waals surface area contributed by atoms with E-state index >= 15 is 0 Å². The quantitative estimate of drug-likeness (QED) is 0.789. The van der Waals surface area contributed by atoms with Crippen molar-refractivity contribution in [2.75, 3.05) is 4.90 Å². The Labute approximate surface area is 139 Å². The molecule has 0 atom stereocenters. The van der Waals surface area contributed by atoms with Gasteiger partial charge in [-0.1, -0.05) is 38.5 Å². The van der Waals surface area contributed by atoms with Gasteiger partial charge in [-0.2, -0.15) is 0 Å². The van der Waals surface area contributed by atoms with E-state index in [1.165, 1.54) is 75.3 Å². The summed E-state index contributed by atoms with van der Waals surface area (Å²) in [6, 6.07) is 5.51. The Hall–Kier alpha value is -1.64. The highest BCUT2D eigenvalue weighted by molar-refractivity contribution is 5.89. The number of rotatable bonds is 3. The SMILES string of the molecule is c1cnc2c(N(C3CCCCC3)C3CCCCC3)cncc2c1. The van der Waals surface area contributed by atoms with Crippen LogP contribution in [0.15, 0.2) is 30.7 Å². The Morgan fingerprint density at radius 2 is 1.48 bits per heavy atom. The zero-order valence-corrected chi connectivity index (χ0v) is 14.0. The van der Waals surface area contributed by atoms with E-state index < -0.39 is 0 Å². The summed E-state index contributed by atoms with van der Waals surface area (Å²) >= 11 is 0. The topological polar surface area (TPSA) is 29.0 Å². The minimum Gasteiger partial charge on any atom is -0.363 e. The monoisotopic (exact) mass is 309 g/mol. The van der Waals surface area contributed by atoms with Gasteiger partial charge in [0.2, 0.25) is 0 Å². The molecule has 2 aromatic rings. The fraction of sp³-hybridized carbons (Fsp3) is 0.600. The van der Waals surface area contributed by atoms with Crippen LogP contribution in [0.4, 0.5) is 5.69 Å². The number of pyridine rings is 2. The lowest BCUT2D eigenvalue weighted by atomic mass is 9.88. The fourth-order valence-corrected chi connectivity index (χ4v) is 4.58. The zero-order valence-electron chi connectivity index (χ0n) is 14.0. The smallest absolute Gasteiger partial charge is 0.0966 e. The summed E-state index contributed by atoms with van der Waals surface area (Å²) < 4.78 is 0. The maximum atomic E-state index is 4.71. The molecule has 4 rings (SSSR count). The Kier molecular flexibility index (Phi) is 4.45. The molecule has 3 heteroatoms. The molecule has 0 amide bonds. The van der Waals surface area contributed by atoms with Crippen molar-refractivity contribution >= 4 is 16.6 Å². The summed E-state index contributed by atoms with van der Waals surface area (Å²) in [5.41, 5.74) is 2.42. The van der Waals surface area contributed by atoms with Crippen molar-refractivity contribution in [2.45, 2.75) is 76.3 Å². The fourth-order valence-electron chi connectivity index (χ4n) is 4.58. The van der Waals surface area contributed by atoms with E-state index in [1.807, 2.05) is 18.5 Å². The van der Waals surface area contributed by atoms with Gasteiger partial charge in [0.15, 0.2) is 0 Å². The normalized spacial score (nSPS) is 20.7. The Morgan fingerprint density at radius 1 is 0.826 bits per heavy atom. The Bertz CT molecular complexity index is 619. The molecule has 2 heterocycles. The molecular weight excluding hydrogens is 282 g/mol. The van der Waals surface area contributed by atoms with E-state index in [0.717, 1.165) is 5.52 Å². The van der Waals surface area contributed by atoms with Crippen molar-refractivity contribution in [1.29, 1.82) is 0 Å². The van der Waals surface area contributed by atoms with Crippen LogP contribution < -0.4 is 4.90 Å². The molecule has 0 aliphatic heterocycles. The molecule has 0 saturated heterocycles. The van der Waals surface area contributed by atoms with Gasteiger partial charge in [0, 0.05) is 29.9 Å². The zero-order chi connectivity index (χ0) is 15.5. The van der Waals surface area contributed by atoms with Gasteiger partial charge in [0.25, 0.3) is 0 Å². The molecule has 0 radical (unpaired) electrons. The lowest BCUT2D eigenvalue weighted by Gasteiger charge is -2.43. The molecule has 0 N–H and O–H groups in total. The maximum absolute atomic E-state index is 4.71. The first-order valence-electron chi connectivity index (χ1n) is 9.40. The number of anilines is 1. The lowest BCUT2D eigenvalue weighted by Crippen LogP contribution is -2.45. The Balaban J connectivity index is 1.76. The first kappa shape index (κ1) is 14.9. The highest BCUT2D eigenvalue weighted by Crippen LogP contribution is 2.36. The van der Waals surface area contributed by atoms with Gasteiger partial charge < -0.3 is 4.90 Å². The summed E-state index contributed by atoms with van der Waals surface area (Å²) in [5.74, 6) is 0. The highest BCUT2D eigenvalue weighted by atomic mass is 15.2.